The van der Waals surface area contributed by atoms with E-state index in [1.165, 1.54) is 0 Å². The zero-order chi connectivity index (χ0) is 14.7. The molecular weight excluding hydrogens is 513 g/mol. The topological polar surface area (TPSA) is 35.6 Å². The molecule has 0 aliphatic rings. The molecule has 4 nitrogen and oxygen atoms in total. The van der Waals surface area contributed by atoms with Crippen molar-refractivity contribution < 1.29 is 11.9 Å². The van der Waals surface area contributed by atoms with Crippen molar-refractivity contribution in [1.29, 1.82) is 0 Å². The molecule has 0 unspecified atom stereocenters. The van der Waals surface area contributed by atoms with Crippen LogP contribution in [-0.2, 0) is 25.0 Å². The van der Waals surface area contributed by atoms with Gasteiger partial charge in [-0.1, -0.05) is 0 Å². The summed E-state index contributed by atoms with van der Waals surface area (Å²) in [4.78, 5) is 7.71. The van der Waals surface area contributed by atoms with E-state index in [-0.39, 0.29) is 0 Å². The number of hydrogen-bond donors (Lipinski definition) is 0. The Morgan fingerprint density at radius 1 is 0.842 bits per heavy atom. The summed E-state index contributed by atoms with van der Waals surface area (Å²) in [5, 5.41) is 0. The SMILES string of the molecule is CCn1ccnc1.CCn1ccnc1.[Cl][Pt]([Cl])([Cl])[Cl]. The Kier molecular flexibility index (Phi) is 11.1. The minimum absolute atomic E-state index is 1.01. The Balaban J connectivity index is 0.000000261. The van der Waals surface area contributed by atoms with Crippen LogP contribution >= 0.6 is 37.7 Å². The van der Waals surface area contributed by atoms with E-state index in [2.05, 4.69) is 23.8 Å². The van der Waals surface area contributed by atoms with Crippen molar-refractivity contribution in [2.45, 2.75) is 26.9 Å². The van der Waals surface area contributed by atoms with E-state index >= 15 is 0 Å². The first-order valence-corrected chi connectivity index (χ1v) is 16.5. The van der Waals surface area contributed by atoms with E-state index < -0.39 is 11.9 Å². The number of hydrogen-bond acceptors (Lipinski definition) is 2. The van der Waals surface area contributed by atoms with Gasteiger partial charge in [-0.25, -0.2) is 9.97 Å². The second-order valence-corrected chi connectivity index (χ2v) is 22.8. The molecule has 0 bridgehead atoms. The molecule has 0 amide bonds. The molecule has 0 radical (unpaired) electrons. The van der Waals surface area contributed by atoms with Gasteiger partial charge in [0.05, 0.1) is 12.7 Å². The molecule has 0 aliphatic carbocycles. The average Bonchev–Trinajstić information content (AvgIpc) is 3.01. The fourth-order valence-corrected chi connectivity index (χ4v) is 0.948. The average molecular weight is 529 g/mol. The van der Waals surface area contributed by atoms with Gasteiger partial charge in [-0.2, -0.15) is 0 Å². The fraction of sp³-hybridized carbons (Fsp3) is 0.400. The van der Waals surface area contributed by atoms with Gasteiger partial charge in [-0.3, -0.25) is 0 Å². The maximum absolute atomic E-state index is 5.01. The summed E-state index contributed by atoms with van der Waals surface area (Å²) in [5.74, 6) is 0. The zero-order valence-electron chi connectivity index (χ0n) is 10.5. The number of halogens is 4. The first kappa shape index (κ1) is 19.3. The van der Waals surface area contributed by atoms with Gasteiger partial charge in [0.15, 0.2) is 0 Å². The van der Waals surface area contributed by atoms with E-state index in [0.717, 1.165) is 13.1 Å². The number of aryl methyl sites for hydroxylation is 2. The van der Waals surface area contributed by atoms with Crippen molar-refractivity contribution >= 4 is 37.7 Å². The molecule has 2 heterocycles. The Bertz CT molecular complexity index is 359. The molecule has 0 N–H and O–H groups in total. The molecule has 0 saturated carbocycles. The third-order valence-corrected chi connectivity index (χ3v) is 1.85. The molecule has 0 fully saturated rings. The van der Waals surface area contributed by atoms with Crippen molar-refractivity contribution in [2.24, 2.45) is 0 Å². The predicted octanol–water partition coefficient (Wildman–Crippen LogP) is 4.56. The summed E-state index contributed by atoms with van der Waals surface area (Å²) in [5.41, 5.74) is 0. The summed E-state index contributed by atoms with van der Waals surface area (Å²) in [6, 6.07) is 0. The molecule has 114 valence electrons. The van der Waals surface area contributed by atoms with E-state index in [1.54, 1.807) is 25.0 Å². The third kappa shape index (κ3) is 14.5. The van der Waals surface area contributed by atoms with Crippen LogP contribution in [0, 0.1) is 0 Å². The van der Waals surface area contributed by atoms with Gasteiger partial charge in [0.1, 0.15) is 0 Å². The van der Waals surface area contributed by atoms with Crippen LogP contribution < -0.4 is 0 Å². The molecule has 0 spiro atoms. The maximum atomic E-state index is 5.01. The molecule has 0 atom stereocenters. The van der Waals surface area contributed by atoms with Crippen LogP contribution in [0.15, 0.2) is 37.4 Å². The molecule has 2 aromatic rings. The van der Waals surface area contributed by atoms with Crippen LogP contribution in [0.1, 0.15) is 13.8 Å². The van der Waals surface area contributed by atoms with Crippen LogP contribution in [0.4, 0.5) is 0 Å². The molecule has 2 aromatic heterocycles. The Labute approximate surface area is 132 Å². The van der Waals surface area contributed by atoms with Crippen LogP contribution in [-0.4, -0.2) is 19.1 Å². The molecule has 19 heavy (non-hydrogen) atoms. The summed E-state index contributed by atoms with van der Waals surface area (Å²) in [6.45, 7) is 6.20. The van der Waals surface area contributed by atoms with E-state index in [0.29, 0.717) is 0 Å². The van der Waals surface area contributed by atoms with Gasteiger partial charge >= 0.3 is 49.6 Å². The molecule has 0 saturated heterocycles. The van der Waals surface area contributed by atoms with Gasteiger partial charge < -0.3 is 9.13 Å². The standard InChI is InChI=1S/2C5H8N2.4ClH.Pt/c2*1-2-7-4-3-6-5-7;;;;;/h2*3-5H,2H2,1H3;4*1H;/q;;;;;;+4/p-4. The normalized spacial score (nSPS) is 10.8. The monoisotopic (exact) mass is 527 g/mol. The molecule has 0 aromatic carbocycles. The summed E-state index contributed by atoms with van der Waals surface area (Å²) in [6.07, 6.45) is 11.1. The summed E-state index contributed by atoms with van der Waals surface area (Å²) in [7, 11) is 20.0. The Morgan fingerprint density at radius 2 is 1.16 bits per heavy atom. The quantitative estimate of drug-likeness (QED) is 0.573. The first-order valence-electron chi connectivity index (χ1n) is 5.26. The van der Waals surface area contributed by atoms with Gasteiger partial charge in [-0.15, -0.1) is 0 Å². The van der Waals surface area contributed by atoms with Crippen LogP contribution in [0.5, 0.6) is 0 Å². The first-order chi connectivity index (χ1) is 8.86. The van der Waals surface area contributed by atoms with E-state index in [1.807, 2.05) is 21.5 Å². The zero-order valence-corrected chi connectivity index (χ0v) is 15.8. The molecule has 9 heteroatoms. The van der Waals surface area contributed by atoms with Crippen molar-refractivity contribution in [2.75, 3.05) is 0 Å². The van der Waals surface area contributed by atoms with Crippen molar-refractivity contribution in [1.82, 2.24) is 19.1 Å². The van der Waals surface area contributed by atoms with Crippen molar-refractivity contribution in [3.8, 4) is 0 Å². The number of rotatable bonds is 2. The molecule has 0 aliphatic heterocycles. The van der Waals surface area contributed by atoms with Crippen LogP contribution in [0.2, 0.25) is 0 Å². The minimum atomic E-state index is -3.06. The third-order valence-electron chi connectivity index (χ3n) is 1.85. The summed E-state index contributed by atoms with van der Waals surface area (Å²) < 4.78 is 4.03. The summed E-state index contributed by atoms with van der Waals surface area (Å²) >= 11 is -3.06. The van der Waals surface area contributed by atoms with Crippen LogP contribution in [0.3, 0.4) is 0 Å². The second kappa shape index (κ2) is 11.0. The van der Waals surface area contributed by atoms with Gasteiger partial charge in [0.25, 0.3) is 0 Å². The van der Waals surface area contributed by atoms with E-state index in [9.17, 15) is 0 Å². The Morgan fingerprint density at radius 3 is 1.26 bits per heavy atom. The van der Waals surface area contributed by atoms with E-state index in [4.69, 9.17) is 37.7 Å². The van der Waals surface area contributed by atoms with Gasteiger partial charge in [0, 0.05) is 37.9 Å². The molecule has 2 rings (SSSR count). The van der Waals surface area contributed by atoms with Gasteiger partial charge in [-0.05, 0) is 13.8 Å². The number of nitrogens with zero attached hydrogens (tertiary/aromatic N) is 4. The predicted molar refractivity (Wildman–Crippen MR) is 79.2 cm³/mol. The van der Waals surface area contributed by atoms with Crippen LogP contribution in [0.25, 0.3) is 0 Å². The Hall–Kier alpha value is 0.268. The van der Waals surface area contributed by atoms with Gasteiger partial charge in [0.2, 0.25) is 0 Å². The van der Waals surface area contributed by atoms with Crippen molar-refractivity contribution in [3.63, 3.8) is 0 Å². The van der Waals surface area contributed by atoms with Crippen molar-refractivity contribution in [3.05, 3.63) is 37.4 Å². The number of imidazole rings is 2. The number of aromatic nitrogens is 4. The molecular formula is C10H16Cl4N4Pt. The fourth-order valence-electron chi connectivity index (χ4n) is 0.948. The second-order valence-electron chi connectivity index (χ2n) is 3.06.